The molecule has 1 aromatic heterocycles. The summed E-state index contributed by atoms with van der Waals surface area (Å²) in [5, 5.41) is 11.5. The SMILES string of the molecule is CN(C(=O)C1CNC(=O)N1c1cc(C(F)(F)F)c2c(n1)CCC2O)c1ccc(F)c(Cl)c1F. The number of likely N-dealkylation sites (N-methyl/N-ethyl adjacent to an activating group) is 1. The molecule has 2 heterocycles. The molecule has 176 valence electrons. The number of urea groups is 1. The Balaban J connectivity index is 1.74. The summed E-state index contributed by atoms with van der Waals surface area (Å²) in [4.78, 5) is 31.2. The quantitative estimate of drug-likeness (QED) is 0.509. The summed E-state index contributed by atoms with van der Waals surface area (Å²) >= 11 is 5.56. The number of anilines is 2. The van der Waals surface area contributed by atoms with Crippen LogP contribution in [0.4, 0.5) is 38.3 Å². The third kappa shape index (κ3) is 3.86. The molecule has 2 aliphatic rings. The van der Waals surface area contributed by atoms with E-state index in [1.54, 1.807) is 0 Å². The molecule has 1 saturated heterocycles. The molecule has 2 unspecified atom stereocenters. The van der Waals surface area contributed by atoms with Crippen molar-refractivity contribution in [1.82, 2.24) is 10.3 Å². The number of carbonyl (C=O) groups is 2. The molecule has 1 aliphatic heterocycles. The molecule has 1 aliphatic carbocycles. The summed E-state index contributed by atoms with van der Waals surface area (Å²) in [5.41, 5.74) is -1.91. The lowest BCUT2D eigenvalue weighted by Crippen LogP contribution is -2.47. The fourth-order valence-corrected chi connectivity index (χ4v) is 4.17. The van der Waals surface area contributed by atoms with Crippen LogP contribution in [0, 0.1) is 11.6 Å². The Bertz CT molecular complexity index is 1160. The third-order valence-corrected chi connectivity index (χ3v) is 5.98. The van der Waals surface area contributed by atoms with E-state index in [1.165, 1.54) is 0 Å². The highest BCUT2D eigenvalue weighted by atomic mass is 35.5. The number of aryl methyl sites for hydroxylation is 1. The standard InChI is InChI=1S/C20H16ClF5N4O3/c1-29(11-4-2-9(22)16(21)17(11)23)18(32)12-7-27-19(33)30(12)14-6-8(20(24,25)26)15-10(28-14)3-5-13(15)31/h2,4,6,12-13,31H,3,5,7H2,1H3,(H,27,33). The van der Waals surface area contributed by atoms with E-state index in [4.69, 9.17) is 11.6 Å². The number of aliphatic hydroxyl groups is 1. The molecule has 0 bridgehead atoms. The summed E-state index contributed by atoms with van der Waals surface area (Å²) in [7, 11) is 1.16. The number of amides is 3. The number of nitrogens with zero attached hydrogens (tertiary/aromatic N) is 3. The maximum atomic E-state index is 14.4. The van der Waals surface area contributed by atoms with E-state index < -0.39 is 58.3 Å². The average molecular weight is 491 g/mol. The number of benzene rings is 1. The molecular formula is C20H16ClF5N4O3. The third-order valence-electron chi connectivity index (χ3n) is 5.63. The number of fused-ring (bicyclic) bond motifs is 1. The molecule has 1 aromatic carbocycles. The zero-order valence-corrected chi connectivity index (χ0v) is 17.6. The molecule has 0 radical (unpaired) electrons. The smallest absolute Gasteiger partial charge is 0.388 e. The minimum Gasteiger partial charge on any atom is -0.388 e. The van der Waals surface area contributed by atoms with Gasteiger partial charge in [-0.15, -0.1) is 0 Å². The molecule has 2 atom stereocenters. The molecular weight excluding hydrogens is 475 g/mol. The Labute approximate surface area is 188 Å². The predicted octanol–water partition coefficient (Wildman–Crippen LogP) is 3.57. The Morgan fingerprint density at radius 2 is 2.03 bits per heavy atom. The van der Waals surface area contributed by atoms with Gasteiger partial charge in [0.15, 0.2) is 5.82 Å². The first-order chi connectivity index (χ1) is 15.4. The van der Waals surface area contributed by atoms with Crippen molar-refractivity contribution in [3.8, 4) is 0 Å². The maximum absolute atomic E-state index is 14.4. The number of halogens is 6. The number of aromatic nitrogens is 1. The molecule has 0 saturated carbocycles. The van der Waals surface area contributed by atoms with Crippen LogP contribution in [0.1, 0.15) is 29.3 Å². The number of nitrogens with one attached hydrogen (secondary N) is 1. The Kier molecular flexibility index (Phi) is 5.69. The normalized spacial score (nSPS) is 20.1. The molecule has 0 spiro atoms. The van der Waals surface area contributed by atoms with Gasteiger partial charge in [0.25, 0.3) is 5.91 Å². The van der Waals surface area contributed by atoms with E-state index in [1.807, 2.05) is 0 Å². The number of hydrogen-bond donors (Lipinski definition) is 2. The van der Waals surface area contributed by atoms with Gasteiger partial charge < -0.3 is 15.3 Å². The summed E-state index contributed by atoms with van der Waals surface area (Å²) in [6.45, 7) is -0.290. The number of aliphatic hydroxyl groups excluding tert-OH is 1. The van der Waals surface area contributed by atoms with E-state index in [0.717, 1.165) is 29.0 Å². The van der Waals surface area contributed by atoms with Crippen LogP contribution in [0.15, 0.2) is 18.2 Å². The lowest BCUT2D eigenvalue weighted by molar-refractivity contribution is -0.139. The Morgan fingerprint density at radius 1 is 1.33 bits per heavy atom. The fourth-order valence-electron chi connectivity index (χ4n) is 4.01. The lowest BCUT2D eigenvalue weighted by Gasteiger charge is -2.27. The van der Waals surface area contributed by atoms with Crippen LogP contribution in [-0.2, 0) is 17.4 Å². The molecule has 7 nitrogen and oxygen atoms in total. The highest BCUT2D eigenvalue weighted by Gasteiger charge is 2.44. The molecule has 2 N–H and O–H groups in total. The van der Waals surface area contributed by atoms with Crippen molar-refractivity contribution in [1.29, 1.82) is 0 Å². The number of carbonyl (C=O) groups excluding carboxylic acids is 2. The molecule has 2 aromatic rings. The maximum Gasteiger partial charge on any atom is 0.416 e. The lowest BCUT2D eigenvalue weighted by atomic mass is 10.0. The van der Waals surface area contributed by atoms with Crippen molar-refractivity contribution in [2.24, 2.45) is 0 Å². The van der Waals surface area contributed by atoms with Crippen LogP contribution >= 0.6 is 11.6 Å². The van der Waals surface area contributed by atoms with Gasteiger partial charge in [0.05, 0.1) is 17.4 Å². The van der Waals surface area contributed by atoms with Crippen molar-refractivity contribution in [2.75, 3.05) is 23.4 Å². The number of pyridine rings is 1. The van der Waals surface area contributed by atoms with Crippen LogP contribution in [0.5, 0.6) is 0 Å². The van der Waals surface area contributed by atoms with Gasteiger partial charge in [-0.05, 0) is 31.0 Å². The largest absolute Gasteiger partial charge is 0.416 e. The second kappa shape index (κ2) is 8.10. The zero-order valence-electron chi connectivity index (χ0n) is 16.9. The first-order valence-corrected chi connectivity index (χ1v) is 10.1. The van der Waals surface area contributed by atoms with Crippen molar-refractivity contribution < 1.29 is 36.6 Å². The van der Waals surface area contributed by atoms with Gasteiger partial charge in [0.2, 0.25) is 0 Å². The summed E-state index contributed by atoms with van der Waals surface area (Å²) in [6, 6.07) is 0.180. The zero-order chi connectivity index (χ0) is 24.2. The fraction of sp³-hybridized carbons (Fsp3) is 0.350. The Hall–Kier alpha value is -2.99. The van der Waals surface area contributed by atoms with Crippen molar-refractivity contribution in [3.05, 3.63) is 51.7 Å². The summed E-state index contributed by atoms with van der Waals surface area (Å²) < 4.78 is 68.9. The molecule has 33 heavy (non-hydrogen) atoms. The summed E-state index contributed by atoms with van der Waals surface area (Å²) in [5.74, 6) is -3.55. The van der Waals surface area contributed by atoms with Gasteiger partial charge in [-0.2, -0.15) is 13.2 Å². The van der Waals surface area contributed by atoms with Gasteiger partial charge in [-0.25, -0.2) is 18.6 Å². The molecule has 1 fully saturated rings. The number of rotatable bonds is 3. The average Bonchev–Trinajstić information content (AvgIpc) is 3.32. The van der Waals surface area contributed by atoms with Crippen LogP contribution in [0.3, 0.4) is 0 Å². The van der Waals surface area contributed by atoms with Gasteiger partial charge in [0.1, 0.15) is 22.7 Å². The highest BCUT2D eigenvalue weighted by Crippen LogP contribution is 2.43. The van der Waals surface area contributed by atoms with Crippen LogP contribution in [-0.4, -0.2) is 41.7 Å². The number of hydrogen-bond acceptors (Lipinski definition) is 4. The Morgan fingerprint density at radius 3 is 2.70 bits per heavy atom. The molecule has 3 amide bonds. The van der Waals surface area contributed by atoms with Crippen molar-refractivity contribution >= 4 is 35.0 Å². The molecule has 4 rings (SSSR count). The van der Waals surface area contributed by atoms with Gasteiger partial charge >= 0.3 is 12.2 Å². The minimum absolute atomic E-state index is 0.0251. The van der Waals surface area contributed by atoms with Gasteiger partial charge in [0, 0.05) is 24.8 Å². The van der Waals surface area contributed by atoms with Gasteiger partial charge in [-0.1, -0.05) is 11.6 Å². The van der Waals surface area contributed by atoms with E-state index >= 15 is 0 Å². The highest BCUT2D eigenvalue weighted by molar-refractivity contribution is 6.31. The number of alkyl halides is 3. The van der Waals surface area contributed by atoms with E-state index in [0.29, 0.717) is 6.07 Å². The van der Waals surface area contributed by atoms with Crippen LogP contribution in [0.2, 0.25) is 5.02 Å². The van der Waals surface area contributed by atoms with E-state index in [2.05, 4.69) is 10.3 Å². The second-order valence-electron chi connectivity index (χ2n) is 7.60. The van der Waals surface area contributed by atoms with Crippen LogP contribution < -0.4 is 15.1 Å². The van der Waals surface area contributed by atoms with Crippen molar-refractivity contribution in [2.45, 2.75) is 31.2 Å². The van der Waals surface area contributed by atoms with E-state index in [-0.39, 0.29) is 36.3 Å². The van der Waals surface area contributed by atoms with E-state index in [9.17, 15) is 36.6 Å². The molecule has 13 heteroatoms. The van der Waals surface area contributed by atoms with Crippen LogP contribution in [0.25, 0.3) is 0 Å². The minimum atomic E-state index is -4.84. The first kappa shape index (κ1) is 23.2. The topological polar surface area (TPSA) is 85.8 Å². The first-order valence-electron chi connectivity index (χ1n) is 9.69. The second-order valence-corrected chi connectivity index (χ2v) is 7.98. The monoisotopic (exact) mass is 490 g/mol. The summed E-state index contributed by atoms with van der Waals surface area (Å²) in [6.07, 6.45) is -6.09. The predicted molar refractivity (Wildman–Crippen MR) is 107 cm³/mol. The van der Waals surface area contributed by atoms with Crippen molar-refractivity contribution in [3.63, 3.8) is 0 Å². The van der Waals surface area contributed by atoms with Gasteiger partial charge in [-0.3, -0.25) is 9.69 Å².